The molecule has 3 aliphatic rings. The van der Waals surface area contributed by atoms with Crippen molar-refractivity contribution in [2.45, 2.75) is 69.2 Å². The van der Waals surface area contributed by atoms with Crippen molar-refractivity contribution in [2.24, 2.45) is 11.8 Å². The van der Waals surface area contributed by atoms with Gasteiger partial charge in [0.1, 0.15) is 12.1 Å². The van der Waals surface area contributed by atoms with E-state index in [9.17, 15) is 9.59 Å². The molecule has 194 valence electrons. The molecule has 1 aromatic carbocycles. The number of Topliss-reactive ketones (excluding diaryl/α,β-unsaturated/α-hetero) is 1. The quantitative estimate of drug-likeness (QED) is 0.333. The number of fused-ring (bicyclic) bond motifs is 1. The lowest BCUT2D eigenvalue weighted by molar-refractivity contribution is -0.119. The van der Waals surface area contributed by atoms with Crippen LogP contribution in [-0.2, 0) is 24.1 Å². The molecular formula is C28H33N5O2S2. The maximum atomic E-state index is 13.4. The third-order valence-electron chi connectivity index (χ3n) is 7.87. The van der Waals surface area contributed by atoms with Crippen LogP contribution in [0, 0.1) is 18.8 Å². The fourth-order valence-electron chi connectivity index (χ4n) is 5.29. The van der Waals surface area contributed by atoms with E-state index >= 15 is 0 Å². The lowest BCUT2D eigenvalue weighted by Crippen LogP contribution is -2.28. The van der Waals surface area contributed by atoms with Gasteiger partial charge in [-0.1, -0.05) is 6.07 Å². The van der Waals surface area contributed by atoms with Crippen molar-refractivity contribution >= 4 is 46.4 Å². The SMILES string of the molecule is CSc1cccc(Nc2nncn2[C@H]2CCc3sc(CC(=O)C4CC4)c(C(=O)NCC4CC4)c3C2)c1C. The molecule has 2 N–H and O–H groups in total. The smallest absolute Gasteiger partial charge is 0.252 e. The Morgan fingerprint density at radius 2 is 2.03 bits per heavy atom. The number of anilines is 2. The summed E-state index contributed by atoms with van der Waals surface area (Å²) < 4.78 is 2.12. The molecule has 0 spiro atoms. The highest BCUT2D eigenvalue weighted by Crippen LogP contribution is 2.41. The summed E-state index contributed by atoms with van der Waals surface area (Å²) in [5.41, 5.74) is 4.10. The summed E-state index contributed by atoms with van der Waals surface area (Å²) in [7, 11) is 0. The van der Waals surface area contributed by atoms with Gasteiger partial charge in [0.25, 0.3) is 5.91 Å². The Balaban J connectivity index is 1.27. The molecule has 0 radical (unpaired) electrons. The molecule has 7 nitrogen and oxygen atoms in total. The zero-order valence-corrected chi connectivity index (χ0v) is 23.0. The largest absolute Gasteiger partial charge is 0.352 e. The van der Waals surface area contributed by atoms with Crippen LogP contribution in [0.25, 0.3) is 0 Å². The van der Waals surface area contributed by atoms with Gasteiger partial charge in [0.05, 0.1) is 5.56 Å². The highest BCUT2D eigenvalue weighted by molar-refractivity contribution is 7.98. The first-order valence-corrected chi connectivity index (χ1v) is 15.3. The molecule has 0 bridgehead atoms. The number of carbonyl (C=O) groups excluding carboxylic acids is 2. The average Bonchev–Trinajstić information content (AvgIpc) is 3.83. The van der Waals surface area contributed by atoms with Crippen LogP contribution >= 0.6 is 23.1 Å². The first-order valence-electron chi connectivity index (χ1n) is 13.3. The molecular weight excluding hydrogens is 502 g/mol. The Bertz CT molecular complexity index is 1340. The number of hydrogen-bond acceptors (Lipinski definition) is 7. The zero-order chi connectivity index (χ0) is 25.5. The van der Waals surface area contributed by atoms with Gasteiger partial charge in [-0.15, -0.1) is 33.3 Å². The van der Waals surface area contributed by atoms with Crippen molar-refractivity contribution < 1.29 is 9.59 Å². The Hall–Kier alpha value is -2.65. The number of benzene rings is 1. The van der Waals surface area contributed by atoms with E-state index < -0.39 is 0 Å². The molecule has 2 aromatic heterocycles. The van der Waals surface area contributed by atoms with Gasteiger partial charge >= 0.3 is 0 Å². The number of aromatic nitrogens is 3. The predicted molar refractivity (Wildman–Crippen MR) is 148 cm³/mol. The van der Waals surface area contributed by atoms with E-state index in [2.05, 4.69) is 56.8 Å². The van der Waals surface area contributed by atoms with Gasteiger partial charge < -0.3 is 10.6 Å². The molecule has 0 aliphatic heterocycles. The number of thiophene rings is 1. The number of nitrogens with one attached hydrogen (secondary N) is 2. The lowest BCUT2D eigenvalue weighted by Gasteiger charge is -2.25. The summed E-state index contributed by atoms with van der Waals surface area (Å²) in [6, 6.07) is 6.39. The molecule has 9 heteroatoms. The van der Waals surface area contributed by atoms with Crippen molar-refractivity contribution in [3.63, 3.8) is 0 Å². The van der Waals surface area contributed by atoms with Crippen LogP contribution in [0.4, 0.5) is 11.6 Å². The van der Waals surface area contributed by atoms with Gasteiger partial charge in [-0.3, -0.25) is 14.2 Å². The average molecular weight is 536 g/mol. The third kappa shape index (κ3) is 5.21. The fraction of sp³-hybridized carbons (Fsp3) is 0.500. The molecule has 37 heavy (non-hydrogen) atoms. The number of ketones is 1. The zero-order valence-electron chi connectivity index (χ0n) is 21.4. The van der Waals surface area contributed by atoms with Crippen molar-refractivity contribution in [3.8, 4) is 0 Å². The van der Waals surface area contributed by atoms with Crippen molar-refractivity contribution in [1.82, 2.24) is 20.1 Å². The fourth-order valence-corrected chi connectivity index (χ4v) is 7.28. The van der Waals surface area contributed by atoms with E-state index in [1.54, 1.807) is 29.4 Å². The summed E-state index contributed by atoms with van der Waals surface area (Å²) in [6.07, 6.45) is 11.2. The molecule has 0 unspecified atom stereocenters. The van der Waals surface area contributed by atoms with E-state index in [0.717, 1.165) is 60.3 Å². The second-order valence-corrected chi connectivity index (χ2v) is 12.6. The number of rotatable bonds is 10. The predicted octanol–water partition coefficient (Wildman–Crippen LogP) is 5.50. The van der Waals surface area contributed by atoms with Gasteiger partial charge in [-0.05, 0) is 87.3 Å². The van der Waals surface area contributed by atoms with Gasteiger partial charge in [0, 0.05) is 45.3 Å². The maximum Gasteiger partial charge on any atom is 0.252 e. The van der Waals surface area contributed by atoms with E-state index in [4.69, 9.17) is 0 Å². The van der Waals surface area contributed by atoms with Gasteiger partial charge in [-0.2, -0.15) is 0 Å². The Kier molecular flexibility index (Phi) is 6.84. The minimum atomic E-state index is -0.00439. The monoisotopic (exact) mass is 535 g/mol. The van der Waals surface area contributed by atoms with Crippen LogP contribution in [0.1, 0.15) is 69.4 Å². The molecule has 0 saturated heterocycles. The summed E-state index contributed by atoms with van der Waals surface area (Å²) in [5.74, 6) is 1.82. The van der Waals surface area contributed by atoms with E-state index in [1.807, 2.05) is 0 Å². The Morgan fingerprint density at radius 1 is 1.19 bits per heavy atom. The molecule has 3 aliphatic carbocycles. The van der Waals surface area contributed by atoms with E-state index in [-0.39, 0.29) is 17.9 Å². The van der Waals surface area contributed by atoms with Crippen LogP contribution in [0.5, 0.6) is 0 Å². The normalized spacial score (nSPS) is 18.9. The highest BCUT2D eigenvalue weighted by atomic mass is 32.2. The number of nitrogens with zero attached hydrogens (tertiary/aromatic N) is 3. The Labute approximate surface area is 225 Å². The van der Waals surface area contributed by atoms with E-state index in [0.29, 0.717) is 24.1 Å². The van der Waals surface area contributed by atoms with Gasteiger partial charge in [0.15, 0.2) is 0 Å². The molecule has 6 rings (SSSR count). The lowest BCUT2D eigenvalue weighted by atomic mass is 9.90. The third-order valence-corrected chi connectivity index (χ3v) is 10.0. The summed E-state index contributed by atoms with van der Waals surface area (Å²) in [6.45, 7) is 2.85. The van der Waals surface area contributed by atoms with Gasteiger partial charge in [0.2, 0.25) is 5.95 Å². The number of carbonyl (C=O) groups is 2. The molecule has 1 atom stereocenters. The van der Waals surface area contributed by atoms with E-state index in [1.165, 1.54) is 28.2 Å². The molecule has 2 heterocycles. The number of amides is 1. The first-order chi connectivity index (χ1) is 18.0. The minimum Gasteiger partial charge on any atom is -0.352 e. The topological polar surface area (TPSA) is 88.9 Å². The van der Waals surface area contributed by atoms with Crippen LogP contribution in [0.2, 0.25) is 0 Å². The van der Waals surface area contributed by atoms with Gasteiger partial charge in [-0.25, -0.2) is 0 Å². The van der Waals surface area contributed by atoms with Crippen LogP contribution < -0.4 is 10.6 Å². The molecule has 1 amide bonds. The number of hydrogen-bond donors (Lipinski definition) is 2. The van der Waals surface area contributed by atoms with Crippen molar-refractivity contribution in [2.75, 3.05) is 18.1 Å². The minimum absolute atomic E-state index is 0.00439. The summed E-state index contributed by atoms with van der Waals surface area (Å²) in [4.78, 5) is 29.6. The first kappa shape index (κ1) is 24.7. The van der Waals surface area contributed by atoms with Crippen LogP contribution in [0.3, 0.4) is 0 Å². The standard InChI is InChI=1S/C28H33N5O2S2/c1-16-21(4-3-5-23(16)36-2)31-28-32-30-15-33(28)19-10-11-24-20(12-19)26(27(35)29-14-17-6-7-17)25(37-24)13-22(34)18-8-9-18/h3-5,15,17-19H,6-14H2,1-2H3,(H,29,35)(H,31,32)/t19-/m0/s1. The molecule has 3 aromatic rings. The van der Waals surface area contributed by atoms with Crippen molar-refractivity contribution in [3.05, 3.63) is 51.0 Å². The van der Waals surface area contributed by atoms with Crippen LogP contribution in [0.15, 0.2) is 29.4 Å². The number of aryl methyl sites for hydroxylation is 1. The van der Waals surface area contributed by atoms with Crippen LogP contribution in [-0.4, -0.2) is 39.3 Å². The second kappa shape index (κ2) is 10.3. The number of thioether (sulfide) groups is 1. The highest BCUT2D eigenvalue weighted by Gasteiger charge is 2.35. The summed E-state index contributed by atoms with van der Waals surface area (Å²) in [5, 5.41) is 15.3. The molecule has 2 saturated carbocycles. The second-order valence-electron chi connectivity index (χ2n) is 10.6. The Morgan fingerprint density at radius 3 is 2.78 bits per heavy atom. The van der Waals surface area contributed by atoms with Crippen molar-refractivity contribution in [1.29, 1.82) is 0 Å². The summed E-state index contributed by atoms with van der Waals surface area (Å²) >= 11 is 3.41. The maximum absolute atomic E-state index is 13.4. The molecule has 2 fully saturated rings.